The van der Waals surface area contributed by atoms with E-state index in [2.05, 4.69) is 64.1 Å². The van der Waals surface area contributed by atoms with Crippen molar-refractivity contribution in [1.82, 2.24) is 4.98 Å². The first kappa shape index (κ1) is 28.9. The average Bonchev–Trinajstić information content (AvgIpc) is 3.03. The van der Waals surface area contributed by atoms with Crippen LogP contribution in [0, 0.1) is 0 Å². The molecule has 0 fully saturated rings. The molecule has 0 aliphatic rings. The van der Waals surface area contributed by atoms with Crippen molar-refractivity contribution in [3.05, 3.63) is 132 Å². The van der Waals surface area contributed by atoms with Gasteiger partial charge >= 0.3 is 0 Å². The van der Waals surface area contributed by atoms with Gasteiger partial charge in [-0.2, -0.15) is 0 Å². The Hall–Kier alpha value is -5.22. The Morgan fingerprint density at radius 3 is 1.98 bits per heavy atom. The van der Waals surface area contributed by atoms with E-state index in [-0.39, 0.29) is 11.5 Å². The van der Waals surface area contributed by atoms with Crippen LogP contribution in [-0.2, 0) is 0 Å². The summed E-state index contributed by atoms with van der Waals surface area (Å²) in [7, 11) is 0. The summed E-state index contributed by atoms with van der Waals surface area (Å²) >= 11 is 0. The van der Waals surface area contributed by atoms with Crippen molar-refractivity contribution in [2.45, 2.75) is 39.5 Å². The van der Waals surface area contributed by atoms with Gasteiger partial charge in [0, 0.05) is 10.9 Å². The molecule has 0 atom stereocenters. The van der Waals surface area contributed by atoms with Gasteiger partial charge in [0.15, 0.2) is 0 Å². The lowest BCUT2D eigenvalue weighted by molar-refractivity contribution is 0.477. The lowest BCUT2D eigenvalue weighted by atomic mass is 9.84. The molecule has 1 aromatic heterocycles. The summed E-state index contributed by atoms with van der Waals surface area (Å²) < 4.78 is 0. The molecule has 2 N–H and O–H groups in total. The maximum Gasteiger partial charge on any atom is 0.125 e. The van der Waals surface area contributed by atoms with Gasteiger partial charge in [-0.15, -0.1) is 0 Å². The van der Waals surface area contributed by atoms with Gasteiger partial charge in [0.05, 0.1) is 23.3 Å². The third-order valence-electron chi connectivity index (χ3n) is 8.08. The predicted octanol–water partition coefficient (Wildman–Crippen LogP) is 10.6. The Morgan fingerprint density at radius 1 is 0.614 bits per heavy atom. The summed E-state index contributed by atoms with van der Waals surface area (Å²) in [5.74, 6) is 1.06. The zero-order valence-corrected chi connectivity index (χ0v) is 25.5. The second-order valence-electron chi connectivity index (χ2n) is 11.8. The minimum Gasteiger partial charge on any atom is -0.507 e. The van der Waals surface area contributed by atoms with Crippen molar-refractivity contribution in [2.75, 3.05) is 0 Å². The quantitative estimate of drug-likeness (QED) is 0.186. The van der Waals surface area contributed by atoms with Crippen LogP contribution in [0.2, 0.25) is 0 Å². The van der Waals surface area contributed by atoms with Gasteiger partial charge in [-0.25, -0.2) is 4.98 Å². The second kappa shape index (κ2) is 12.2. The molecular formula is C40H36N2O2. The van der Waals surface area contributed by atoms with Gasteiger partial charge in [-0.3, -0.25) is 4.99 Å². The molecule has 0 aliphatic carbocycles. The van der Waals surface area contributed by atoms with Crippen LogP contribution in [0.25, 0.3) is 44.3 Å². The van der Waals surface area contributed by atoms with Gasteiger partial charge in [0.2, 0.25) is 0 Å². The van der Waals surface area contributed by atoms with Crippen LogP contribution in [0.3, 0.4) is 0 Å². The molecule has 0 spiro atoms. The van der Waals surface area contributed by atoms with Crippen molar-refractivity contribution >= 4 is 22.7 Å². The van der Waals surface area contributed by atoms with Crippen LogP contribution in [0.1, 0.15) is 56.4 Å². The standard InChI is InChI=1S/C40H36N2O2/c1-25(2)32-15-10-16-33(26(3)4)39(32)29-19-20-34(38(44)23-29)36-22-30(27-11-6-5-7-12-27)21-31(42-36)24-41-35-17-8-13-28-14-9-18-37(43)40(28)35/h5-26,43-44H,1-4H3. The summed E-state index contributed by atoms with van der Waals surface area (Å²) in [5.41, 5.74) is 9.33. The van der Waals surface area contributed by atoms with Crippen molar-refractivity contribution in [3.8, 4) is 45.0 Å². The molecule has 0 saturated carbocycles. The first-order valence-electron chi connectivity index (χ1n) is 15.1. The SMILES string of the molecule is CC(C)c1cccc(C(C)C)c1-c1ccc(-c2cc(-c3ccccc3)cc(C=Nc3cccc4cccc(O)c34)n2)c(O)c1. The normalized spacial score (nSPS) is 11.7. The largest absolute Gasteiger partial charge is 0.507 e. The number of aromatic nitrogens is 1. The maximum atomic E-state index is 11.5. The first-order valence-corrected chi connectivity index (χ1v) is 15.1. The highest BCUT2D eigenvalue weighted by Gasteiger charge is 2.18. The fraction of sp³-hybridized carbons (Fsp3) is 0.150. The van der Waals surface area contributed by atoms with E-state index in [1.807, 2.05) is 72.8 Å². The molecule has 5 aromatic carbocycles. The molecule has 6 rings (SSSR count). The van der Waals surface area contributed by atoms with Gasteiger partial charge in [-0.1, -0.05) is 107 Å². The number of aromatic hydroxyl groups is 2. The van der Waals surface area contributed by atoms with E-state index >= 15 is 0 Å². The molecule has 44 heavy (non-hydrogen) atoms. The van der Waals surface area contributed by atoms with Crippen LogP contribution in [0.5, 0.6) is 11.5 Å². The summed E-state index contributed by atoms with van der Waals surface area (Å²) in [6, 6.07) is 37.7. The highest BCUT2D eigenvalue weighted by atomic mass is 16.3. The number of fused-ring (bicyclic) bond motifs is 1. The summed E-state index contributed by atoms with van der Waals surface area (Å²) in [5, 5.41) is 23.6. The topological polar surface area (TPSA) is 65.7 Å². The Morgan fingerprint density at radius 2 is 1.30 bits per heavy atom. The monoisotopic (exact) mass is 576 g/mol. The smallest absolute Gasteiger partial charge is 0.125 e. The third kappa shape index (κ3) is 5.71. The second-order valence-corrected chi connectivity index (χ2v) is 11.8. The molecule has 4 nitrogen and oxygen atoms in total. The number of hydrogen-bond donors (Lipinski definition) is 2. The number of aliphatic imine (C=N–C) groups is 1. The van der Waals surface area contributed by atoms with E-state index in [0.29, 0.717) is 39.9 Å². The third-order valence-corrected chi connectivity index (χ3v) is 8.08. The molecule has 0 amide bonds. The van der Waals surface area contributed by atoms with Crippen molar-refractivity contribution in [3.63, 3.8) is 0 Å². The molecule has 0 radical (unpaired) electrons. The van der Waals surface area contributed by atoms with Crippen molar-refractivity contribution < 1.29 is 10.2 Å². The number of pyridine rings is 1. The van der Waals surface area contributed by atoms with Crippen molar-refractivity contribution in [1.29, 1.82) is 0 Å². The average molecular weight is 577 g/mol. The molecular weight excluding hydrogens is 540 g/mol. The van der Waals surface area contributed by atoms with Crippen LogP contribution in [0.15, 0.2) is 120 Å². The minimum atomic E-state index is 0.176. The zero-order chi connectivity index (χ0) is 30.8. The van der Waals surface area contributed by atoms with Crippen LogP contribution in [0.4, 0.5) is 5.69 Å². The Kier molecular flexibility index (Phi) is 7.99. The summed E-state index contributed by atoms with van der Waals surface area (Å²) in [6.07, 6.45) is 1.72. The number of nitrogens with zero attached hydrogens (tertiary/aromatic N) is 2. The zero-order valence-electron chi connectivity index (χ0n) is 25.5. The van der Waals surface area contributed by atoms with Crippen LogP contribution < -0.4 is 0 Å². The number of phenols is 2. The van der Waals surface area contributed by atoms with Gasteiger partial charge in [-0.05, 0) is 87.0 Å². The van der Waals surface area contributed by atoms with Crippen LogP contribution in [-0.4, -0.2) is 21.4 Å². The van der Waals surface area contributed by atoms with E-state index in [1.54, 1.807) is 12.3 Å². The summed E-state index contributed by atoms with van der Waals surface area (Å²) in [4.78, 5) is 9.68. The number of hydrogen-bond acceptors (Lipinski definition) is 4. The molecule has 218 valence electrons. The molecule has 0 unspecified atom stereocenters. The Balaban J connectivity index is 1.47. The number of phenolic OH excluding ortho intramolecular Hbond substituents is 2. The first-order chi connectivity index (χ1) is 21.3. The van der Waals surface area contributed by atoms with E-state index < -0.39 is 0 Å². The minimum absolute atomic E-state index is 0.176. The molecule has 0 aliphatic heterocycles. The predicted molar refractivity (Wildman–Crippen MR) is 183 cm³/mol. The maximum absolute atomic E-state index is 11.5. The molecule has 1 heterocycles. The van der Waals surface area contributed by atoms with E-state index in [4.69, 9.17) is 9.98 Å². The Bertz CT molecular complexity index is 1960. The highest BCUT2D eigenvalue weighted by molar-refractivity contribution is 5.99. The van der Waals surface area contributed by atoms with Crippen LogP contribution >= 0.6 is 0 Å². The van der Waals surface area contributed by atoms with E-state index in [0.717, 1.165) is 22.1 Å². The Labute approximate surface area is 259 Å². The molecule has 6 aromatic rings. The van der Waals surface area contributed by atoms with Crippen molar-refractivity contribution in [2.24, 2.45) is 4.99 Å². The van der Waals surface area contributed by atoms with E-state index in [1.165, 1.54) is 16.7 Å². The van der Waals surface area contributed by atoms with Gasteiger partial charge in [0.25, 0.3) is 0 Å². The fourth-order valence-electron chi connectivity index (χ4n) is 5.89. The van der Waals surface area contributed by atoms with Gasteiger partial charge < -0.3 is 10.2 Å². The lowest BCUT2D eigenvalue weighted by Crippen LogP contribution is -2.00. The molecule has 0 saturated heterocycles. The fourth-order valence-corrected chi connectivity index (χ4v) is 5.89. The molecule has 0 bridgehead atoms. The number of rotatable bonds is 7. The van der Waals surface area contributed by atoms with E-state index in [9.17, 15) is 10.2 Å². The number of benzene rings is 5. The molecule has 4 heteroatoms. The highest BCUT2D eigenvalue weighted by Crippen LogP contribution is 2.40. The lowest BCUT2D eigenvalue weighted by Gasteiger charge is -2.20. The van der Waals surface area contributed by atoms with Gasteiger partial charge in [0.1, 0.15) is 11.5 Å². The summed E-state index contributed by atoms with van der Waals surface area (Å²) in [6.45, 7) is 8.83.